The summed E-state index contributed by atoms with van der Waals surface area (Å²) in [5.74, 6) is 0.416. The Kier molecular flexibility index (Phi) is 7.61. The quantitative estimate of drug-likeness (QED) is 0.696. The van der Waals surface area contributed by atoms with Crippen LogP contribution in [0.4, 0.5) is 16.3 Å². The van der Waals surface area contributed by atoms with E-state index in [0.29, 0.717) is 17.8 Å². The van der Waals surface area contributed by atoms with Gasteiger partial charge in [0.15, 0.2) is 0 Å². The van der Waals surface area contributed by atoms with E-state index >= 15 is 0 Å². The van der Waals surface area contributed by atoms with Gasteiger partial charge in [0.05, 0.1) is 17.9 Å². The van der Waals surface area contributed by atoms with Crippen LogP contribution in [-0.4, -0.2) is 36.7 Å². The Labute approximate surface area is 159 Å². The summed E-state index contributed by atoms with van der Waals surface area (Å²) in [4.78, 5) is 30.7. The largest absolute Gasteiger partial charge is 0.462 e. The van der Waals surface area contributed by atoms with Crippen molar-refractivity contribution in [3.05, 3.63) is 53.7 Å². The average Bonchev–Trinajstić information content (AvgIpc) is 2.68. The number of carbonyl (C=O) groups excluding carboxylic acids is 2. The zero-order valence-corrected chi connectivity index (χ0v) is 16.0. The number of para-hydroxylation sites is 1. The molecule has 0 bridgehead atoms. The van der Waals surface area contributed by atoms with E-state index in [9.17, 15) is 9.59 Å². The lowest BCUT2D eigenvalue weighted by molar-refractivity contribution is 0.0527. The first-order chi connectivity index (χ1) is 13.1. The molecule has 144 valence electrons. The Morgan fingerprint density at radius 2 is 1.85 bits per heavy atom. The molecule has 0 aliphatic carbocycles. The number of nitrogens with one attached hydrogen (secondary N) is 2. The number of amides is 2. The normalized spacial score (nSPS) is 10.2. The Morgan fingerprint density at radius 3 is 2.56 bits per heavy atom. The molecule has 2 amide bonds. The minimum absolute atomic E-state index is 0.274. The molecule has 2 rings (SSSR count). The van der Waals surface area contributed by atoms with Gasteiger partial charge in [-0.05, 0) is 50.6 Å². The van der Waals surface area contributed by atoms with E-state index in [1.54, 1.807) is 37.4 Å². The zero-order valence-electron chi connectivity index (χ0n) is 16.0. The summed E-state index contributed by atoms with van der Waals surface area (Å²) in [5, 5.41) is 5.50. The lowest BCUT2D eigenvalue weighted by Crippen LogP contribution is -2.29. The number of carbonyl (C=O) groups is 2. The highest BCUT2D eigenvalue weighted by atomic mass is 16.5. The minimum atomic E-state index is -0.466. The van der Waals surface area contributed by atoms with Crippen LogP contribution in [0.15, 0.2) is 42.6 Å². The predicted octanol–water partition coefficient (Wildman–Crippen LogP) is 3.43. The minimum Gasteiger partial charge on any atom is -0.462 e. The molecule has 0 radical (unpaired) electrons. The Hall–Kier alpha value is -3.09. The molecular weight excluding hydrogens is 344 g/mol. The summed E-state index contributed by atoms with van der Waals surface area (Å²) in [6.45, 7) is 8.24. The predicted molar refractivity (Wildman–Crippen MR) is 106 cm³/mol. The number of rotatable bonds is 8. The molecule has 1 aromatic heterocycles. The monoisotopic (exact) mass is 370 g/mol. The second-order valence-electron chi connectivity index (χ2n) is 5.77. The molecular formula is C20H26N4O3. The third kappa shape index (κ3) is 5.70. The maximum Gasteiger partial charge on any atom is 0.340 e. The van der Waals surface area contributed by atoms with Crippen LogP contribution < -0.4 is 15.5 Å². The highest BCUT2D eigenvalue weighted by molar-refractivity contribution is 6.00. The van der Waals surface area contributed by atoms with Gasteiger partial charge < -0.3 is 20.3 Å². The fraction of sp³-hybridized carbons (Fsp3) is 0.350. The summed E-state index contributed by atoms with van der Waals surface area (Å²) in [6, 6.07) is 10.2. The zero-order chi connectivity index (χ0) is 19.6. The van der Waals surface area contributed by atoms with Crippen molar-refractivity contribution < 1.29 is 14.3 Å². The van der Waals surface area contributed by atoms with Crippen molar-refractivity contribution >= 4 is 23.5 Å². The number of benzene rings is 1. The van der Waals surface area contributed by atoms with Gasteiger partial charge >= 0.3 is 12.0 Å². The molecule has 1 heterocycles. The maximum absolute atomic E-state index is 12.2. The molecule has 1 aromatic carbocycles. The van der Waals surface area contributed by atoms with E-state index in [1.165, 1.54) is 0 Å². The summed E-state index contributed by atoms with van der Waals surface area (Å²) in [5.41, 5.74) is 1.68. The van der Waals surface area contributed by atoms with E-state index in [-0.39, 0.29) is 6.61 Å². The third-order valence-corrected chi connectivity index (χ3v) is 4.02. The number of hydrogen-bond donors (Lipinski definition) is 2. The number of nitrogens with zero attached hydrogens (tertiary/aromatic N) is 2. The molecule has 0 unspecified atom stereocenters. The number of esters is 1. The third-order valence-electron chi connectivity index (χ3n) is 4.02. The van der Waals surface area contributed by atoms with E-state index in [4.69, 9.17) is 4.74 Å². The van der Waals surface area contributed by atoms with E-state index in [2.05, 4.69) is 34.4 Å². The molecule has 7 nitrogen and oxygen atoms in total. The molecule has 27 heavy (non-hydrogen) atoms. The molecule has 0 spiro atoms. The topological polar surface area (TPSA) is 83.6 Å². The standard InChI is InChI=1S/C20H26N4O3/c1-4-24(5-2)18-13-15(11-12-21-18)14-22-20(26)23-17-10-8-7-9-16(17)19(25)27-6-3/h7-13H,4-6,14H2,1-3H3,(H2,22,23,26). The highest BCUT2D eigenvalue weighted by Gasteiger charge is 2.13. The van der Waals surface area contributed by atoms with Crippen LogP contribution in [0.1, 0.15) is 36.7 Å². The van der Waals surface area contributed by atoms with Crippen molar-refractivity contribution in [2.45, 2.75) is 27.3 Å². The Balaban J connectivity index is 2.00. The number of ether oxygens (including phenoxy) is 1. The van der Waals surface area contributed by atoms with Gasteiger partial charge in [0.25, 0.3) is 0 Å². The lowest BCUT2D eigenvalue weighted by Gasteiger charge is -2.20. The second-order valence-corrected chi connectivity index (χ2v) is 5.77. The molecule has 2 aromatic rings. The van der Waals surface area contributed by atoms with Crippen LogP contribution in [0.2, 0.25) is 0 Å². The summed E-state index contributed by atoms with van der Waals surface area (Å²) in [7, 11) is 0. The number of anilines is 2. The van der Waals surface area contributed by atoms with Crippen molar-refractivity contribution in [1.82, 2.24) is 10.3 Å². The van der Waals surface area contributed by atoms with Crippen LogP contribution in [0, 0.1) is 0 Å². The number of aromatic nitrogens is 1. The van der Waals surface area contributed by atoms with Gasteiger partial charge in [-0.25, -0.2) is 14.6 Å². The van der Waals surface area contributed by atoms with Crippen LogP contribution >= 0.6 is 0 Å². The van der Waals surface area contributed by atoms with Gasteiger partial charge in [0.2, 0.25) is 0 Å². The van der Waals surface area contributed by atoms with Gasteiger partial charge in [0, 0.05) is 25.8 Å². The smallest absolute Gasteiger partial charge is 0.340 e. The van der Waals surface area contributed by atoms with Crippen molar-refractivity contribution in [3.63, 3.8) is 0 Å². The van der Waals surface area contributed by atoms with Crippen LogP contribution in [0.3, 0.4) is 0 Å². The first kappa shape index (κ1) is 20.2. The molecule has 0 saturated heterocycles. The maximum atomic E-state index is 12.2. The van der Waals surface area contributed by atoms with E-state index in [1.807, 2.05) is 12.1 Å². The summed E-state index contributed by atoms with van der Waals surface area (Å²) in [6.07, 6.45) is 1.73. The van der Waals surface area contributed by atoms with Gasteiger partial charge in [-0.3, -0.25) is 0 Å². The summed E-state index contributed by atoms with van der Waals surface area (Å²) < 4.78 is 5.01. The van der Waals surface area contributed by atoms with Gasteiger partial charge in [-0.15, -0.1) is 0 Å². The molecule has 0 fully saturated rings. The molecule has 0 aliphatic heterocycles. The second kappa shape index (κ2) is 10.2. The first-order valence-electron chi connectivity index (χ1n) is 9.09. The number of hydrogen-bond acceptors (Lipinski definition) is 5. The lowest BCUT2D eigenvalue weighted by atomic mass is 10.2. The fourth-order valence-electron chi connectivity index (χ4n) is 2.62. The van der Waals surface area contributed by atoms with Gasteiger partial charge in [-0.2, -0.15) is 0 Å². The molecule has 2 N–H and O–H groups in total. The van der Waals surface area contributed by atoms with Crippen molar-refractivity contribution in [3.8, 4) is 0 Å². The Morgan fingerprint density at radius 1 is 1.11 bits per heavy atom. The van der Waals surface area contributed by atoms with E-state index < -0.39 is 12.0 Å². The molecule has 7 heteroatoms. The SMILES string of the molecule is CCOC(=O)c1ccccc1NC(=O)NCc1ccnc(N(CC)CC)c1. The molecule has 0 aliphatic rings. The Bertz CT molecular complexity index is 775. The number of pyridine rings is 1. The molecule has 0 saturated carbocycles. The van der Waals surface area contributed by atoms with Crippen LogP contribution in [0.25, 0.3) is 0 Å². The fourth-order valence-corrected chi connectivity index (χ4v) is 2.62. The summed E-state index contributed by atoms with van der Waals surface area (Å²) >= 11 is 0. The average molecular weight is 370 g/mol. The van der Waals surface area contributed by atoms with Crippen LogP contribution in [0.5, 0.6) is 0 Å². The van der Waals surface area contributed by atoms with E-state index in [0.717, 1.165) is 24.5 Å². The number of urea groups is 1. The van der Waals surface area contributed by atoms with Gasteiger partial charge in [-0.1, -0.05) is 12.1 Å². The molecule has 0 atom stereocenters. The van der Waals surface area contributed by atoms with Crippen molar-refractivity contribution in [2.24, 2.45) is 0 Å². The van der Waals surface area contributed by atoms with Crippen molar-refractivity contribution in [1.29, 1.82) is 0 Å². The van der Waals surface area contributed by atoms with Crippen molar-refractivity contribution in [2.75, 3.05) is 29.9 Å². The van der Waals surface area contributed by atoms with Crippen LogP contribution in [-0.2, 0) is 11.3 Å². The first-order valence-corrected chi connectivity index (χ1v) is 9.09. The highest BCUT2D eigenvalue weighted by Crippen LogP contribution is 2.16. The van der Waals surface area contributed by atoms with Gasteiger partial charge in [0.1, 0.15) is 5.82 Å².